The highest BCUT2D eigenvalue weighted by molar-refractivity contribution is 9.10. The molecule has 0 heterocycles. The number of halogens is 2. The van der Waals surface area contributed by atoms with Gasteiger partial charge in [-0.25, -0.2) is 9.18 Å². The molecule has 1 aromatic rings. The third-order valence-corrected chi connectivity index (χ3v) is 2.55. The molecule has 1 rings (SSSR count). The van der Waals surface area contributed by atoms with Gasteiger partial charge in [0.2, 0.25) is 0 Å². The van der Waals surface area contributed by atoms with Gasteiger partial charge in [0.15, 0.2) is 6.61 Å². The lowest BCUT2D eigenvalue weighted by molar-refractivity contribution is -0.122. The molecule has 0 saturated heterocycles. The normalized spacial score (nSPS) is 10.2. The molecule has 7 heteroatoms. The van der Waals surface area contributed by atoms with E-state index in [0.29, 0.717) is 10.2 Å². The van der Waals surface area contributed by atoms with Crippen molar-refractivity contribution in [1.29, 1.82) is 0 Å². The number of carbonyl (C=O) groups is 2. The van der Waals surface area contributed by atoms with Crippen LogP contribution in [0.1, 0.15) is 13.8 Å². The third-order valence-electron chi connectivity index (χ3n) is 1.93. The summed E-state index contributed by atoms with van der Waals surface area (Å²) in [4.78, 5) is 22.6. The summed E-state index contributed by atoms with van der Waals surface area (Å²) in [6.07, 6.45) is 0. The summed E-state index contributed by atoms with van der Waals surface area (Å²) in [7, 11) is 0. The number of ether oxygens (including phenoxy) is 1. The maximum Gasteiger partial charge on any atom is 0.321 e. The predicted octanol–water partition coefficient (Wildman–Crippen LogP) is 2.20. The maximum atomic E-state index is 12.8. The molecule has 0 aromatic heterocycles. The molecule has 0 aliphatic heterocycles. The molecule has 19 heavy (non-hydrogen) atoms. The fraction of sp³-hybridized carbons (Fsp3) is 0.333. The molecule has 0 aliphatic carbocycles. The monoisotopic (exact) mass is 332 g/mol. The van der Waals surface area contributed by atoms with Crippen molar-refractivity contribution in [2.24, 2.45) is 0 Å². The van der Waals surface area contributed by atoms with Crippen LogP contribution < -0.4 is 15.4 Å². The zero-order chi connectivity index (χ0) is 14.4. The second-order valence-corrected chi connectivity index (χ2v) is 4.89. The van der Waals surface area contributed by atoms with Crippen molar-refractivity contribution in [3.63, 3.8) is 0 Å². The number of carbonyl (C=O) groups excluding carboxylic acids is 2. The lowest BCUT2D eigenvalue weighted by Gasteiger charge is -2.10. The van der Waals surface area contributed by atoms with E-state index in [2.05, 4.69) is 26.6 Å². The van der Waals surface area contributed by atoms with Crippen LogP contribution in [0.5, 0.6) is 5.75 Å². The van der Waals surface area contributed by atoms with Gasteiger partial charge in [0, 0.05) is 6.04 Å². The number of hydrogen-bond donors (Lipinski definition) is 2. The van der Waals surface area contributed by atoms with Crippen LogP contribution in [-0.2, 0) is 4.79 Å². The smallest absolute Gasteiger partial charge is 0.321 e. The molecule has 5 nitrogen and oxygen atoms in total. The fourth-order valence-electron chi connectivity index (χ4n) is 1.20. The van der Waals surface area contributed by atoms with Crippen LogP contribution in [0.2, 0.25) is 0 Å². The first-order valence-electron chi connectivity index (χ1n) is 5.56. The van der Waals surface area contributed by atoms with Gasteiger partial charge in [0.25, 0.3) is 5.91 Å². The summed E-state index contributed by atoms with van der Waals surface area (Å²) in [6, 6.07) is 3.17. The number of amides is 3. The first-order valence-corrected chi connectivity index (χ1v) is 6.36. The Bertz CT molecular complexity index is 480. The van der Waals surface area contributed by atoms with Gasteiger partial charge in [-0.15, -0.1) is 0 Å². The Morgan fingerprint density at radius 2 is 2.11 bits per heavy atom. The number of benzene rings is 1. The van der Waals surface area contributed by atoms with Crippen molar-refractivity contribution in [3.8, 4) is 5.75 Å². The highest BCUT2D eigenvalue weighted by Crippen LogP contribution is 2.25. The van der Waals surface area contributed by atoms with Crippen LogP contribution in [0, 0.1) is 5.82 Å². The lowest BCUT2D eigenvalue weighted by atomic mass is 10.3. The molecule has 3 amide bonds. The minimum Gasteiger partial charge on any atom is -0.483 e. The zero-order valence-corrected chi connectivity index (χ0v) is 12.1. The summed E-state index contributed by atoms with van der Waals surface area (Å²) >= 11 is 3.10. The van der Waals surface area contributed by atoms with Crippen molar-refractivity contribution < 1.29 is 18.7 Å². The van der Waals surface area contributed by atoms with E-state index in [-0.39, 0.29) is 12.6 Å². The third kappa shape index (κ3) is 5.69. The van der Waals surface area contributed by atoms with E-state index in [1.54, 1.807) is 13.8 Å². The van der Waals surface area contributed by atoms with Gasteiger partial charge in [-0.05, 0) is 48.0 Å². The van der Waals surface area contributed by atoms with Crippen molar-refractivity contribution in [3.05, 3.63) is 28.5 Å². The summed E-state index contributed by atoms with van der Waals surface area (Å²) in [5.74, 6) is -0.685. The maximum absolute atomic E-state index is 12.8. The Labute approximate surface area is 118 Å². The Morgan fingerprint density at radius 3 is 2.68 bits per heavy atom. The Kier molecular flexibility index (Phi) is 5.75. The van der Waals surface area contributed by atoms with E-state index >= 15 is 0 Å². The number of urea groups is 1. The summed E-state index contributed by atoms with van der Waals surface area (Å²) in [6.45, 7) is 3.21. The van der Waals surface area contributed by atoms with E-state index in [1.807, 2.05) is 0 Å². The number of nitrogens with one attached hydrogen (secondary N) is 2. The van der Waals surface area contributed by atoms with Crippen LogP contribution in [0.25, 0.3) is 0 Å². The van der Waals surface area contributed by atoms with E-state index in [4.69, 9.17) is 4.74 Å². The second-order valence-electron chi connectivity index (χ2n) is 4.04. The molecule has 104 valence electrons. The topological polar surface area (TPSA) is 67.4 Å². The highest BCUT2D eigenvalue weighted by atomic mass is 79.9. The van der Waals surface area contributed by atoms with Crippen LogP contribution in [0.15, 0.2) is 22.7 Å². The largest absolute Gasteiger partial charge is 0.483 e. The number of imide groups is 1. The molecule has 0 saturated carbocycles. The SMILES string of the molecule is CC(C)NC(=O)NC(=O)COc1ccc(F)cc1Br. The molecule has 0 spiro atoms. The average molecular weight is 333 g/mol. The van der Waals surface area contributed by atoms with Crippen LogP contribution >= 0.6 is 15.9 Å². The standard InChI is InChI=1S/C12H14BrFN2O3/c1-7(2)15-12(18)16-11(17)6-19-10-4-3-8(14)5-9(10)13/h3-5,7H,6H2,1-2H3,(H2,15,16,17,18). The van der Waals surface area contributed by atoms with Crippen molar-refractivity contribution >= 4 is 27.9 Å². The van der Waals surface area contributed by atoms with Crippen LogP contribution in [0.3, 0.4) is 0 Å². The highest BCUT2D eigenvalue weighted by Gasteiger charge is 2.10. The van der Waals surface area contributed by atoms with Crippen LogP contribution in [-0.4, -0.2) is 24.6 Å². The van der Waals surface area contributed by atoms with Crippen molar-refractivity contribution in [2.75, 3.05) is 6.61 Å². The first-order chi connectivity index (χ1) is 8.88. The van der Waals surface area contributed by atoms with E-state index < -0.39 is 17.8 Å². The Hall–Kier alpha value is -1.63. The minimum absolute atomic E-state index is 0.0695. The van der Waals surface area contributed by atoms with E-state index in [9.17, 15) is 14.0 Å². The van der Waals surface area contributed by atoms with Gasteiger partial charge in [-0.3, -0.25) is 10.1 Å². The zero-order valence-electron chi connectivity index (χ0n) is 10.5. The van der Waals surface area contributed by atoms with Crippen molar-refractivity contribution in [1.82, 2.24) is 10.6 Å². The molecule has 0 fully saturated rings. The molecule has 0 atom stereocenters. The fourth-order valence-corrected chi connectivity index (χ4v) is 1.66. The Balaban J connectivity index is 2.44. The number of rotatable bonds is 4. The molecule has 0 bridgehead atoms. The molecule has 2 N–H and O–H groups in total. The summed E-state index contributed by atoms with van der Waals surface area (Å²) < 4.78 is 18.4. The summed E-state index contributed by atoms with van der Waals surface area (Å²) in [5.41, 5.74) is 0. The second kappa shape index (κ2) is 7.08. The van der Waals surface area contributed by atoms with Gasteiger partial charge in [0.1, 0.15) is 11.6 Å². The van der Waals surface area contributed by atoms with Gasteiger partial charge in [0.05, 0.1) is 4.47 Å². The minimum atomic E-state index is -0.589. The number of hydrogen-bond acceptors (Lipinski definition) is 3. The molecular weight excluding hydrogens is 319 g/mol. The molecular formula is C12H14BrFN2O3. The van der Waals surface area contributed by atoms with Gasteiger partial charge in [-0.2, -0.15) is 0 Å². The summed E-state index contributed by atoms with van der Waals surface area (Å²) in [5, 5.41) is 4.61. The Morgan fingerprint density at radius 1 is 1.42 bits per heavy atom. The molecule has 1 aromatic carbocycles. The molecule has 0 aliphatic rings. The molecule has 0 radical (unpaired) electrons. The predicted molar refractivity (Wildman–Crippen MR) is 71.4 cm³/mol. The van der Waals surface area contributed by atoms with E-state index in [1.165, 1.54) is 18.2 Å². The van der Waals surface area contributed by atoms with Gasteiger partial charge in [-0.1, -0.05) is 0 Å². The average Bonchev–Trinajstić information content (AvgIpc) is 2.26. The lowest BCUT2D eigenvalue weighted by Crippen LogP contribution is -2.44. The van der Waals surface area contributed by atoms with Crippen LogP contribution in [0.4, 0.5) is 9.18 Å². The first kappa shape index (κ1) is 15.4. The van der Waals surface area contributed by atoms with Gasteiger partial charge < -0.3 is 10.1 Å². The van der Waals surface area contributed by atoms with Crippen molar-refractivity contribution in [2.45, 2.75) is 19.9 Å². The quantitative estimate of drug-likeness (QED) is 0.888. The van der Waals surface area contributed by atoms with Gasteiger partial charge >= 0.3 is 6.03 Å². The van der Waals surface area contributed by atoms with E-state index in [0.717, 1.165) is 0 Å². The molecule has 0 unspecified atom stereocenters.